The smallest absolute Gasteiger partial charge is 0.338 e. The molecule has 6 nitrogen and oxygen atoms in total. The largest absolute Gasteiger partial charge is 0.459 e. The number of carbonyl (C=O) groups excluding carboxylic acids is 1. The molecule has 1 atom stereocenters. The SMILES string of the molecule is CC1=C(C(=O)OC(C)C)C(c2ccccc2Cl)n2c(sc(=Cc3cn(Cc4ccccc4Cl)c4ccccc34)c2=O)=N1. The number of benzene rings is 3. The van der Waals surface area contributed by atoms with Gasteiger partial charge >= 0.3 is 5.97 Å². The van der Waals surface area contributed by atoms with Crippen LogP contribution in [0.1, 0.15) is 43.5 Å². The van der Waals surface area contributed by atoms with Crippen molar-refractivity contribution in [2.75, 3.05) is 0 Å². The van der Waals surface area contributed by atoms with Gasteiger partial charge in [-0.1, -0.05) is 89.1 Å². The lowest BCUT2D eigenvalue weighted by Gasteiger charge is -2.26. The molecule has 0 radical (unpaired) electrons. The van der Waals surface area contributed by atoms with Gasteiger partial charge in [-0.2, -0.15) is 0 Å². The van der Waals surface area contributed by atoms with Crippen LogP contribution in [-0.4, -0.2) is 21.2 Å². The van der Waals surface area contributed by atoms with Crippen molar-refractivity contribution in [1.82, 2.24) is 9.13 Å². The number of ether oxygens (including phenoxy) is 1. The minimum atomic E-state index is -0.773. The minimum Gasteiger partial charge on any atom is -0.459 e. The Hall–Kier alpha value is -3.91. The molecule has 1 aliphatic rings. The van der Waals surface area contributed by atoms with Crippen molar-refractivity contribution in [3.8, 4) is 0 Å². The number of fused-ring (bicyclic) bond motifs is 2. The molecule has 0 aliphatic carbocycles. The van der Waals surface area contributed by atoms with E-state index in [-0.39, 0.29) is 11.7 Å². The fraction of sp³-hybridized carbons (Fsp3) is 0.182. The van der Waals surface area contributed by atoms with Crippen molar-refractivity contribution in [2.45, 2.75) is 39.5 Å². The van der Waals surface area contributed by atoms with Crippen LogP contribution in [0.2, 0.25) is 10.0 Å². The Morgan fingerprint density at radius 1 is 1.02 bits per heavy atom. The van der Waals surface area contributed by atoms with Crippen molar-refractivity contribution in [2.24, 2.45) is 4.99 Å². The normalized spacial score (nSPS) is 15.3. The maximum absolute atomic E-state index is 14.1. The van der Waals surface area contributed by atoms with E-state index in [2.05, 4.69) is 10.6 Å². The quantitative estimate of drug-likeness (QED) is 0.205. The number of nitrogens with zero attached hydrogens (tertiary/aromatic N) is 3. The van der Waals surface area contributed by atoms with E-state index < -0.39 is 12.0 Å². The highest BCUT2D eigenvalue weighted by atomic mass is 35.5. The number of hydrogen-bond acceptors (Lipinski definition) is 5. The van der Waals surface area contributed by atoms with Gasteiger partial charge in [-0.3, -0.25) is 9.36 Å². The maximum Gasteiger partial charge on any atom is 0.338 e. The van der Waals surface area contributed by atoms with E-state index in [1.165, 1.54) is 11.3 Å². The third-order valence-corrected chi connectivity index (χ3v) is 8.88. The number of aromatic nitrogens is 2. The van der Waals surface area contributed by atoms with E-state index >= 15 is 0 Å². The molecule has 0 amide bonds. The Morgan fingerprint density at radius 3 is 2.45 bits per heavy atom. The molecule has 9 heteroatoms. The van der Waals surface area contributed by atoms with Crippen LogP contribution in [0, 0.1) is 0 Å². The summed E-state index contributed by atoms with van der Waals surface area (Å²) in [5.41, 5.74) is 4.10. The first-order valence-corrected chi connectivity index (χ1v) is 15.1. The molecule has 6 rings (SSSR count). The van der Waals surface area contributed by atoms with Gasteiger partial charge in [0.25, 0.3) is 5.56 Å². The predicted molar refractivity (Wildman–Crippen MR) is 169 cm³/mol. The summed E-state index contributed by atoms with van der Waals surface area (Å²) >= 11 is 14.4. The second-order valence-corrected chi connectivity index (χ2v) is 12.2. The van der Waals surface area contributed by atoms with Crippen LogP contribution in [0.3, 0.4) is 0 Å². The third kappa shape index (κ3) is 5.13. The number of carbonyl (C=O) groups is 1. The van der Waals surface area contributed by atoms with E-state index in [9.17, 15) is 9.59 Å². The van der Waals surface area contributed by atoms with Gasteiger partial charge in [-0.25, -0.2) is 9.79 Å². The fourth-order valence-corrected chi connectivity index (χ4v) is 6.80. The summed E-state index contributed by atoms with van der Waals surface area (Å²) in [7, 11) is 0. The summed E-state index contributed by atoms with van der Waals surface area (Å²) in [5.74, 6) is -0.520. The molecule has 3 aromatic carbocycles. The van der Waals surface area contributed by atoms with Gasteiger partial charge in [0.1, 0.15) is 6.04 Å². The maximum atomic E-state index is 14.1. The van der Waals surface area contributed by atoms with Crippen LogP contribution in [0.15, 0.2) is 100 Å². The molecule has 0 saturated carbocycles. The van der Waals surface area contributed by atoms with Crippen LogP contribution >= 0.6 is 34.5 Å². The molecular weight excluding hydrogens is 589 g/mol. The van der Waals surface area contributed by atoms with Gasteiger partial charge in [0.05, 0.1) is 21.9 Å². The Labute approximate surface area is 256 Å². The standard InChI is InChI=1S/C33H27Cl2N3O3S/c1-19(2)41-32(40)29-20(3)36-33-38(30(29)24-12-5-8-14-26(24)35)31(39)28(42-33)16-22-18-37(27-15-9-6-11-23(22)27)17-21-10-4-7-13-25(21)34/h4-16,18-19,30H,17H2,1-3H3. The van der Waals surface area contributed by atoms with Crippen molar-refractivity contribution >= 4 is 57.5 Å². The van der Waals surface area contributed by atoms with Gasteiger partial charge < -0.3 is 9.30 Å². The lowest BCUT2D eigenvalue weighted by atomic mass is 9.96. The van der Waals surface area contributed by atoms with E-state index in [0.717, 1.165) is 22.0 Å². The summed E-state index contributed by atoms with van der Waals surface area (Å²) in [4.78, 5) is 32.7. The second-order valence-electron chi connectivity index (χ2n) is 10.4. The third-order valence-electron chi connectivity index (χ3n) is 7.19. The highest BCUT2D eigenvalue weighted by Crippen LogP contribution is 2.34. The Morgan fingerprint density at radius 2 is 1.71 bits per heavy atom. The van der Waals surface area contributed by atoms with E-state index in [1.807, 2.05) is 72.9 Å². The molecule has 1 aliphatic heterocycles. The first-order valence-electron chi connectivity index (χ1n) is 13.5. The molecule has 0 bridgehead atoms. The second kappa shape index (κ2) is 11.4. The molecule has 0 spiro atoms. The zero-order valence-electron chi connectivity index (χ0n) is 23.2. The lowest BCUT2D eigenvalue weighted by Crippen LogP contribution is -2.40. The van der Waals surface area contributed by atoms with Crippen LogP contribution < -0.4 is 14.9 Å². The number of halogens is 2. The minimum absolute atomic E-state index is 0.256. The summed E-state index contributed by atoms with van der Waals surface area (Å²) in [6, 6.07) is 22.3. The Bertz CT molecular complexity index is 2070. The molecule has 0 N–H and O–H groups in total. The van der Waals surface area contributed by atoms with Crippen LogP contribution in [0.4, 0.5) is 0 Å². The highest BCUT2D eigenvalue weighted by Gasteiger charge is 2.34. The van der Waals surface area contributed by atoms with Crippen LogP contribution in [-0.2, 0) is 16.1 Å². The van der Waals surface area contributed by atoms with Gasteiger partial charge in [-0.15, -0.1) is 0 Å². The summed E-state index contributed by atoms with van der Waals surface area (Å²) in [5, 5.41) is 2.16. The number of thiazole rings is 1. The predicted octanol–water partition coefficient (Wildman–Crippen LogP) is 6.50. The molecule has 0 fully saturated rings. The summed E-state index contributed by atoms with van der Waals surface area (Å²) < 4.78 is 9.78. The average Bonchev–Trinajstić information content (AvgIpc) is 3.45. The van der Waals surface area contributed by atoms with Crippen molar-refractivity contribution in [3.63, 3.8) is 0 Å². The number of para-hydroxylation sites is 1. The van der Waals surface area contributed by atoms with E-state index in [0.29, 0.717) is 42.8 Å². The summed E-state index contributed by atoms with van der Waals surface area (Å²) in [6.45, 7) is 5.92. The molecule has 212 valence electrons. The molecule has 2 aromatic heterocycles. The van der Waals surface area contributed by atoms with Crippen LogP contribution in [0.25, 0.3) is 17.0 Å². The first-order chi connectivity index (χ1) is 20.2. The molecule has 5 aromatic rings. The molecule has 1 unspecified atom stereocenters. The topological polar surface area (TPSA) is 65.6 Å². The van der Waals surface area contributed by atoms with Gasteiger partial charge in [0.15, 0.2) is 4.80 Å². The molecule has 42 heavy (non-hydrogen) atoms. The molecule has 0 saturated heterocycles. The van der Waals surface area contributed by atoms with Gasteiger partial charge in [-0.05, 0) is 56.2 Å². The van der Waals surface area contributed by atoms with Gasteiger partial charge in [0.2, 0.25) is 0 Å². The zero-order chi connectivity index (χ0) is 29.5. The van der Waals surface area contributed by atoms with E-state index in [4.69, 9.17) is 32.9 Å². The summed E-state index contributed by atoms with van der Waals surface area (Å²) in [6.07, 6.45) is 3.59. The Kier molecular flexibility index (Phi) is 7.66. The van der Waals surface area contributed by atoms with Gasteiger partial charge in [0, 0.05) is 39.3 Å². The van der Waals surface area contributed by atoms with Crippen molar-refractivity contribution in [1.29, 1.82) is 0 Å². The highest BCUT2D eigenvalue weighted by molar-refractivity contribution is 7.07. The zero-order valence-corrected chi connectivity index (χ0v) is 25.5. The fourth-order valence-electron chi connectivity index (χ4n) is 5.32. The molecular formula is C33H27Cl2N3O3S. The number of esters is 1. The van der Waals surface area contributed by atoms with E-state index in [1.54, 1.807) is 31.4 Å². The number of allylic oxidation sites excluding steroid dienone is 1. The van der Waals surface area contributed by atoms with Crippen molar-refractivity contribution in [3.05, 3.63) is 137 Å². The lowest BCUT2D eigenvalue weighted by molar-refractivity contribution is -0.143. The van der Waals surface area contributed by atoms with Crippen LogP contribution in [0.5, 0.6) is 0 Å². The number of rotatable bonds is 6. The van der Waals surface area contributed by atoms with Crippen molar-refractivity contribution < 1.29 is 9.53 Å². The number of hydrogen-bond donors (Lipinski definition) is 0. The monoisotopic (exact) mass is 615 g/mol. The first kappa shape index (κ1) is 28.2. The molecule has 3 heterocycles. The Balaban J connectivity index is 1.53. The average molecular weight is 617 g/mol.